The van der Waals surface area contributed by atoms with Crippen molar-refractivity contribution in [3.05, 3.63) is 28.7 Å². The van der Waals surface area contributed by atoms with Crippen molar-refractivity contribution in [3.8, 4) is 0 Å². The zero-order chi connectivity index (χ0) is 13.4. The Morgan fingerprint density at radius 1 is 1.21 bits per heavy atom. The molecule has 0 heterocycles. The number of halogens is 2. The van der Waals surface area contributed by atoms with E-state index in [4.69, 9.17) is 4.74 Å². The summed E-state index contributed by atoms with van der Waals surface area (Å²) in [5.74, 6) is 0. The molecular weight excluding hydrogens is 356 g/mol. The summed E-state index contributed by atoms with van der Waals surface area (Å²) in [7, 11) is -1.83. The summed E-state index contributed by atoms with van der Waals surface area (Å²) in [6, 6.07) is 6.72. The van der Waals surface area contributed by atoms with Crippen molar-refractivity contribution in [2.45, 2.75) is 4.90 Å². The average Bonchev–Trinajstić information content (AvgIpc) is 2.34. The van der Waals surface area contributed by atoms with E-state index in [9.17, 15) is 8.42 Å². The molecule has 0 saturated heterocycles. The Labute approximate surface area is 128 Å². The molecule has 1 aromatic carbocycles. The van der Waals surface area contributed by atoms with Crippen LogP contribution >= 0.6 is 28.3 Å². The van der Waals surface area contributed by atoms with Gasteiger partial charge in [0.25, 0.3) is 0 Å². The Kier molecular flexibility index (Phi) is 9.59. The molecule has 0 unspecified atom stereocenters. The lowest BCUT2D eigenvalue weighted by molar-refractivity contribution is 0.199. The smallest absolute Gasteiger partial charge is 0.241 e. The second kappa shape index (κ2) is 9.68. The Balaban J connectivity index is 0.00000324. The molecule has 5 nitrogen and oxygen atoms in total. The van der Waals surface area contributed by atoms with Crippen LogP contribution in [0.5, 0.6) is 0 Å². The van der Waals surface area contributed by atoms with E-state index in [1.807, 2.05) is 0 Å². The molecule has 2 N–H and O–H groups in total. The summed E-state index contributed by atoms with van der Waals surface area (Å²) in [6.45, 7) is 2.21. The molecule has 0 radical (unpaired) electrons. The van der Waals surface area contributed by atoms with E-state index in [2.05, 4.69) is 26.0 Å². The molecule has 1 aromatic rings. The minimum Gasteiger partial charge on any atom is -0.383 e. The van der Waals surface area contributed by atoms with E-state index < -0.39 is 10.0 Å². The number of hydrogen-bond acceptors (Lipinski definition) is 4. The Bertz CT molecular complexity index is 471. The van der Waals surface area contributed by atoms with Crippen LogP contribution in [-0.2, 0) is 14.8 Å². The predicted molar refractivity (Wildman–Crippen MR) is 81.3 cm³/mol. The molecule has 19 heavy (non-hydrogen) atoms. The highest BCUT2D eigenvalue weighted by molar-refractivity contribution is 9.10. The van der Waals surface area contributed by atoms with Gasteiger partial charge in [-0.1, -0.05) is 12.1 Å². The van der Waals surface area contributed by atoms with Crippen molar-refractivity contribution in [2.24, 2.45) is 0 Å². The largest absolute Gasteiger partial charge is 0.383 e. The van der Waals surface area contributed by atoms with Crippen molar-refractivity contribution in [3.63, 3.8) is 0 Å². The van der Waals surface area contributed by atoms with Crippen LogP contribution in [0.25, 0.3) is 0 Å². The molecule has 0 saturated carbocycles. The number of benzene rings is 1. The minimum absolute atomic E-state index is 0. The molecule has 0 amide bonds. The van der Waals surface area contributed by atoms with Gasteiger partial charge in [-0.25, -0.2) is 13.1 Å². The first-order chi connectivity index (χ1) is 8.58. The van der Waals surface area contributed by atoms with Crippen LogP contribution in [0.4, 0.5) is 0 Å². The molecule has 0 atom stereocenters. The third-order valence-electron chi connectivity index (χ3n) is 2.20. The fourth-order valence-corrected chi connectivity index (χ4v) is 3.35. The maximum atomic E-state index is 11.9. The van der Waals surface area contributed by atoms with Gasteiger partial charge in [-0.2, -0.15) is 0 Å². The molecule has 8 heteroatoms. The van der Waals surface area contributed by atoms with Crippen LogP contribution in [0.2, 0.25) is 0 Å². The summed E-state index contributed by atoms with van der Waals surface area (Å²) in [5.41, 5.74) is 0. The minimum atomic E-state index is -3.45. The zero-order valence-electron chi connectivity index (χ0n) is 10.6. The fraction of sp³-hybridized carbons (Fsp3) is 0.455. The Morgan fingerprint density at radius 3 is 2.53 bits per heavy atom. The van der Waals surface area contributed by atoms with Gasteiger partial charge in [0.05, 0.1) is 11.5 Å². The van der Waals surface area contributed by atoms with Crippen LogP contribution in [0, 0.1) is 0 Å². The van der Waals surface area contributed by atoms with Gasteiger partial charge in [-0.3, -0.25) is 0 Å². The van der Waals surface area contributed by atoms with Gasteiger partial charge in [0.1, 0.15) is 0 Å². The number of methoxy groups -OCH3 is 1. The van der Waals surface area contributed by atoms with Crippen LogP contribution in [0.3, 0.4) is 0 Å². The maximum absolute atomic E-state index is 11.9. The first-order valence-electron chi connectivity index (χ1n) is 5.52. The Hall–Kier alpha value is -0.180. The summed E-state index contributed by atoms with van der Waals surface area (Å²) in [5, 5.41) is 3.06. The van der Waals surface area contributed by atoms with Crippen molar-refractivity contribution >= 4 is 38.4 Å². The van der Waals surface area contributed by atoms with E-state index in [0.29, 0.717) is 30.7 Å². The van der Waals surface area contributed by atoms with Crippen molar-refractivity contribution in [1.29, 1.82) is 0 Å². The van der Waals surface area contributed by atoms with Gasteiger partial charge in [0.15, 0.2) is 0 Å². The van der Waals surface area contributed by atoms with E-state index in [1.165, 1.54) is 0 Å². The van der Waals surface area contributed by atoms with Gasteiger partial charge in [-0.05, 0) is 28.1 Å². The highest BCUT2D eigenvalue weighted by Crippen LogP contribution is 2.20. The van der Waals surface area contributed by atoms with E-state index >= 15 is 0 Å². The fourth-order valence-electron chi connectivity index (χ4n) is 1.31. The molecule has 0 aliphatic rings. The lowest BCUT2D eigenvalue weighted by Crippen LogP contribution is -2.33. The number of rotatable bonds is 8. The molecule has 0 fully saturated rings. The molecule has 110 valence electrons. The van der Waals surface area contributed by atoms with Gasteiger partial charge < -0.3 is 10.1 Å². The topological polar surface area (TPSA) is 67.4 Å². The monoisotopic (exact) mass is 372 g/mol. The molecule has 0 spiro atoms. The zero-order valence-corrected chi connectivity index (χ0v) is 13.8. The number of hydrogen-bond donors (Lipinski definition) is 2. The van der Waals surface area contributed by atoms with Crippen LogP contribution in [0.1, 0.15) is 0 Å². The van der Waals surface area contributed by atoms with Crippen LogP contribution < -0.4 is 10.0 Å². The Morgan fingerprint density at radius 2 is 1.89 bits per heavy atom. The van der Waals surface area contributed by atoms with Gasteiger partial charge >= 0.3 is 0 Å². The third kappa shape index (κ3) is 6.69. The molecule has 0 aliphatic carbocycles. The van der Waals surface area contributed by atoms with Gasteiger partial charge in [0.2, 0.25) is 10.0 Å². The standard InChI is InChI=1S/C11H17BrN2O3S.ClH/c1-17-9-8-13-6-7-14-18(15,16)11-5-3-2-4-10(11)12;/h2-5,13-14H,6-9H2,1H3;1H. The van der Waals surface area contributed by atoms with Crippen molar-refractivity contribution in [2.75, 3.05) is 33.4 Å². The SMILES string of the molecule is COCCNCCNS(=O)(=O)c1ccccc1Br.Cl. The first-order valence-corrected chi connectivity index (χ1v) is 7.79. The second-order valence-electron chi connectivity index (χ2n) is 3.57. The second-order valence-corrected chi connectivity index (χ2v) is 6.16. The van der Waals surface area contributed by atoms with Crippen molar-refractivity contribution in [1.82, 2.24) is 10.0 Å². The quantitative estimate of drug-likeness (QED) is 0.676. The third-order valence-corrected chi connectivity index (χ3v) is 4.68. The first kappa shape index (κ1) is 18.8. The highest BCUT2D eigenvalue weighted by Gasteiger charge is 2.15. The highest BCUT2D eigenvalue weighted by atomic mass is 79.9. The molecule has 0 bridgehead atoms. The molecule has 0 aliphatic heterocycles. The molecule has 1 rings (SSSR count). The maximum Gasteiger partial charge on any atom is 0.241 e. The number of nitrogens with one attached hydrogen (secondary N) is 2. The summed E-state index contributed by atoms with van der Waals surface area (Å²) in [4.78, 5) is 0.252. The molecule has 0 aromatic heterocycles. The predicted octanol–water partition coefficient (Wildman–Crippen LogP) is 1.39. The normalized spacial score (nSPS) is 11.1. The van der Waals surface area contributed by atoms with E-state index in [-0.39, 0.29) is 17.3 Å². The van der Waals surface area contributed by atoms with Gasteiger partial charge in [-0.15, -0.1) is 12.4 Å². The van der Waals surface area contributed by atoms with E-state index in [0.717, 1.165) is 0 Å². The van der Waals surface area contributed by atoms with Crippen LogP contribution in [-0.4, -0.2) is 41.8 Å². The lowest BCUT2D eigenvalue weighted by Gasteiger charge is -2.08. The summed E-state index contributed by atoms with van der Waals surface area (Å²) in [6.07, 6.45) is 0. The lowest BCUT2D eigenvalue weighted by atomic mass is 10.4. The summed E-state index contributed by atoms with van der Waals surface area (Å²) >= 11 is 3.22. The van der Waals surface area contributed by atoms with Crippen LogP contribution in [0.15, 0.2) is 33.6 Å². The number of sulfonamides is 1. The average molecular weight is 374 g/mol. The number of ether oxygens (including phenoxy) is 1. The summed E-state index contributed by atoms with van der Waals surface area (Å²) < 4.78 is 31.9. The molecular formula is C11H18BrClN2O3S. The van der Waals surface area contributed by atoms with E-state index in [1.54, 1.807) is 31.4 Å². The van der Waals surface area contributed by atoms with Crippen molar-refractivity contribution < 1.29 is 13.2 Å². The van der Waals surface area contributed by atoms with Gasteiger partial charge in [0, 0.05) is 31.2 Å².